The standard InChI is InChI=1S/2C13H15N3S.2ClH/c2*1-8-4-5-9(7-10(8)14)12-16-11-3-2-6-15-13(11)17-12;;/h2*4-5,7,15H,2-3,6,14H2,1H3;2*1H. The molecule has 36 heavy (non-hydrogen) atoms. The minimum atomic E-state index is 0. The van der Waals surface area contributed by atoms with Crippen LogP contribution in [0.3, 0.4) is 0 Å². The van der Waals surface area contributed by atoms with Gasteiger partial charge in [-0.1, -0.05) is 46.9 Å². The Morgan fingerprint density at radius 2 is 1.11 bits per heavy atom. The van der Waals surface area contributed by atoms with Gasteiger partial charge in [-0.2, -0.15) is 0 Å². The van der Waals surface area contributed by atoms with E-state index in [4.69, 9.17) is 21.4 Å². The molecule has 0 spiro atoms. The first-order valence-electron chi connectivity index (χ1n) is 11.7. The van der Waals surface area contributed by atoms with E-state index < -0.39 is 0 Å². The predicted molar refractivity (Wildman–Crippen MR) is 162 cm³/mol. The molecule has 2 aliphatic heterocycles. The Morgan fingerprint density at radius 3 is 1.47 bits per heavy atom. The topological polar surface area (TPSA) is 102 Å². The van der Waals surface area contributed by atoms with Crippen LogP contribution in [-0.4, -0.2) is 23.1 Å². The number of rotatable bonds is 2. The van der Waals surface area contributed by atoms with Crippen LogP contribution in [0.25, 0.3) is 21.1 Å². The van der Waals surface area contributed by atoms with E-state index in [1.165, 1.54) is 34.2 Å². The maximum atomic E-state index is 5.94. The highest BCUT2D eigenvalue weighted by Gasteiger charge is 2.17. The highest BCUT2D eigenvalue weighted by molar-refractivity contribution is 7.19. The molecule has 4 heterocycles. The Labute approximate surface area is 232 Å². The average molecular weight is 564 g/mol. The lowest BCUT2D eigenvalue weighted by atomic mass is 10.1. The van der Waals surface area contributed by atoms with Crippen molar-refractivity contribution in [2.24, 2.45) is 0 Å². The van der Waals surface area contributed by atoms with E-state index in [1.54, 1.807) is 22.7 Å². The fourth-order valence-electron chi connectivity index (χ4n) is 4.03. The highest BCUT2D eigenvalue weighted by Crippen LogP contribution is 2.36. The van der Waals surface area contributed by atoms with Gasteiger partial charge in [-0.25, -0.2) is 9.97 Å². The highest BCUT2D eigenvalue weighted by atomic mass is 35.5. The molecule has 6 N–H and O–H groups in total. The smallest absolute Gasteiger partial charge is 0.125 e. The van der Waals surface area contributed by atoms with Gasteiger partial charge in [0.25, 0.3) is 0 Å². The summed E-state index contributed by atoms with van der Waals surface area (Å²) >= 11 is 3.45. The van der Waals surface area contributed by atoms with Crippen LogP contribution in [0.5, 0.6) is 0 Å². The molecule has 0 radical (unpaired) electrons. The van der Waals surface area contributed by atoms with E-state index in [0.29, 0.717) is 0 Å². The summed E-state index contributed by atoms with van der Waals surface area (Å²) in [6.45, 7) is 6.16. The second-order valence-corrected chi connectivity index (χ2v) is 10.8. The number of nitrogen functional groups attached to an aromatic ring is 2. The van der Waals surface area contributed by atoms with Gasteiger partial charge in [0.05, 0.1) is 11.4 Å². The third-order valence-corrected chi connectivity index (χ3v) is 8.41. The third kappa shape index (κ3) is 6.06. The monoisotopic (exact) mass is 562 g/mol. The van der Waals surface area contributed by atoms with E-state index >= 15 is 0 Å². The summed E-state index contributed by atoms with van der Waals surface area (Å²) in [6, 6.07) is 12.3. The second kappa shape index (κ2) is 12.1. The SMILES string of the molecule is Cc1ccc(-c2nc3c(s2)NCCC3)cc1N.Cc1ccc(-c2nc3c(s2)NCCC3)cc1N.Cl.Cl. The maximum absolute atomic E-state index is 5.94. The lowest BCUT2D eigenvalue weighted by Gasteiger charge is -2.10. The van der Waals surface area contributed by atoms with Gasteiger partial charge in [-0.3, -0.25) is 0 Å². The predicted octanol–water partition coefficient (Wildman–Crippen LogP) is 6.96. The van der Waals surface area contributed by atoms with Crippen molar-refractivity contribution in [1.29, 1.82) is 0 Å². The molecular formula is C26H32Cl2N6S2. The zero-order valence-corrected chi connectivity index (χ0v) is 23.7. The van der Waals surface area contributed by atoms with Crippen molar-refractivity contribution >= 4 is 68.9 Å². The lowest BCUT2D eigenvalue weighted by molar-refractivity contribution is 0.814. The van der Waals surface area contributed by atoms with E-state index in [0.717, 1.165) is 69.6 Å². The molecule has 2 aliphatic rings. The average Bonchev–Trinajstić information content (AvgIpc) is 3.47. The number of halogens is 2. The zero-order chi connectivity index (χ0) is 23.7. The minimum absolute atomic E-state index is 0. The van der Waals surface area contributed by atoms with Gasteiger partial charge in [-0.15, -0.1) is 24.8 Å². The summed E-state index contributed by atoms with van der Waals surface area (Å²) in [5, 5.41) is 11.4. The van der Waals surface area contributed by atoms with Gasteiger partial charge < -0.3 is 22.1 Å². The molecule has 0 saturated carbocycles. The van der Waals surface area contributed by atoms with Crippen LogP contribution in [-0.2, 0) is 12.8 Å². The van der Waals surface area contributed by atoms with Crippen molar-refractivity contribution in [1.82, 2.24) is 9.97 Å². The van der Waals surface area contributed by atoms with Gasteiger partial charge >= 0.3 is 0 Å². The quantitative estimate of drug-likeness (QED) is 0.197. The minimum Gasteiger partial charge on any atom is -0.398 e. The van der Waals surface area contributed by atoms with Crippen LogP contribution in [0, 0.1) is 13.8 Å². The summed E-state index contributed by atoms with van der Waals surface area (Å²) < 4.78 is 0. The molecule has 0 atom stereocenters. The Bertz CT molecular complexity index is 1190. The number of thiazole rings is 2. The van der Waals surface area contributed by atoms with Gasteiger partial charge in [0.2, 0.25) is 0 Å². The van der Waals surface area contributed by atoms with Crippen molar-refractivity contribution in [3.8, 4) is 21.1 Å². The number of anilines is 4. The lowest BCUT2D eigenvalue weighted by Crippen LogP contribution is -2.09. The summed E-state index contributed by atoms with van der Waals surface area (Å²) in [5.74, 6) is 0. The molecule has 0 unspecified atom stereocenters. The molecular weight excluding hydrogens is 531 g/mol. The van der Waals surface area contributed by atoms with Gasteiger partial charge in [0.15, 0.2) is 0 Å². The number of aryl methyl sites for hydroxylation is 4. The molecule has 6 nitrogen and oxygen atoms in total. The molecule has 0 amide bonds. The summed E-state index contributed by atoms with van der Waals surface area (Å²) in [4.78, 5) is 9.38. The van der Waals surface area contributed by atoms with E-state index in [9.17, 15) is 0 Å². The molecule has 0 bridgehead atoms. The van der Waals surface area contributed by atoms with Crippen LogP contribution in [0.1, 0.15) is 35.4 Å². The third-order valence-electron chi connectivity index (χ3n) is 6.20. The normalized spacial score (nSPS) is 13.4. The molecule has 6 rings (SSSR count). The van der Waals surface area contributed by atoms with Gasteiger partial charge in [0.1, 0.15) is 20.0 Å². The van der Waals surface area contributed by atoms with E-state index in [-0.39, 0.29) is 24.8 Å². The van der Waals surface area contributed by atoms with Crippen molar-refractivity contribution in [3.63, 3.8) is 0 Å². The first-order valence-corrected chi connectivity index (χ1v) is 13.3. The van der Waals surface area contributed by atoms with Gasteiger partial charge in [0, 0.05) is 35.6 Å². The number of nitrogens with one attached hydrogen (secondary N) is 2. The van der Waals surface area contributed by atoms with Crippen LogP contribution in [0.4, 0.5) is 21.4 Å². The van der Waals surface area contributed by atoms with Crippen molar-refractivity contribution in [2.75, 3.05) is 35.2 Å². The Morgan fingerprint density at radius 1 is 0.694 bits per heavy atom. The van der Waals surface area contributed by atoms with Crippen LogP contribution < -0.4 is 22.1 Å². The second-order valence-electron chi connectivity index (χ2n) is 8.79. The molecule has 10 heteroatoms. The molecule has 0 saturated heterocycles. The van der Waals surface area contributed by atoms with Crippen LogP contribution in [0.15, 0.2) is 36.4 Å². The number of aromatic nitrogens is 2. The van der Waals surface area contributed by atoms with E-state index in [2.05, 4.69) is 34.9 Å². The Kier molecular flexibility index (Phi) is 9.47. The number of benzene rings is 2. The van der Waals surface area contributed by atoms with Crippen LogP contribution >= 0.6 is 47.5 Å². The maximum Gasteiger partial charge on any atom is 0.125 e. The van der Waals surface area contributed by atoms with Crippen molar-refractivity contribution < 1.29 is 0 Å². The first-order chi connectivity index (χ1) is 16.5. The van der Waals surface area contributed by atoms with Crippen molar-refractivity contribution in [2.45, 2.75) is 39.5 Å². The molecule has 0 fully saturated rings. The fourth-order valence-corrected chi connectivity index (χ4v) is 6.10. The summed E-state index contributed by atoms with van der Waals surface area (Å²) in [7, 11) is 0. The van der Waals surface area contributed by atoms with Crippen LogP contribution in [0.2, 0.25) is 0 Å². The first kappa shape index (κ1) is 28.1. The summed E-state index contributed by atoms with van der Waals surface area (Å²) in [6.07, 6.45) is 4.51. The number of fused-ring (bicyclic) bond motifs is 2. The number of hydrogen-bond donors (Lipinski definition) is 4. The fraction of sp³-hybridized carbons (Fsp3) is 0.308. The number of nitrogens with two attached hydrogens (primary N) is 2. The summed E-state index contributed by atoms with van der Waals surface area (Å²) in [5.41, 5.74) is 20.4. The zero-order valence-electron chi connectivity index (χ0n) is 20.4. The Hall–Kier alpha value is -2.52. The molecule has 2 aromatic heterocycles. The van der Waals surface area contributed by atoms with E-state index in [1.807, 2.05) is 26.0 Å². The van der Waals surface area contributed by atoms with Crippen molar-refractivity contribution in [3.05, 3.63) is 58.9 Å². The largest absolute Gasteiger partial charge is 0.398 e. The molecule has 4 aromatic rings. The molecule has 0 aliphatic carbocycles. The van der Waals surface area contributed by atoms with Gasteiger partial charge in [-0.05, 0) is 62.8 Å². The Balaban J connectivity index is 0.000000190. The number of nitrogens with zero attached hydrogens (tertiary/aromatic N) is 2. The molecule has 2 aromatic carbocycles. The molecule has 192 valence electrons. The number of hydrogen-bond acceptors (Lipinski definition) is 8.